The van der Waals surface area contributed by atoms with Crippen molar-refractivity contribution in [2.45, 2.75) is 36.7 Å². The van der Waals surface area contributed by atoms with E-state index in [4.69, 9.17) is 0 Å². The summed E-state index contributed by atoms with van der Waals surface area (Å²) < 4.78 is 26.7. The Morgan fingerprint density at radius 3 is 2.67 bits per heavy atom. The summed E-state index contributed by atoms with van der Waals surface area (Å²) in [5.41, 5.74) is 1.61. The van der Waals surface area contributed by atoms with Gasteiger partial charge in [-0.05, 0) is 42.7 Å². The number of rotatable bonds is 6. The summed E-state index contributed by atoms with van der Waals surface area (Å²) in [6.45, 7) is 0.808. The number of sulfonamides is 1. The number of nitrogens with one attached hydrogen (secondary N) is 1. The van der Waals surface area contributed by atoms with E-state index in [-0.39, 0.29) is 23.8 Å². The number of nitrogens with zero attached hydrogens (tertiary/aromatic N) is 3. The third-order valence-corrected chi connectivity index (χ3v) is 6.07. The Bertz CT molecular complexity index is 985. The molecular weight excluding hydrogens is 364 g/mol. The van der Waals surface area contributed by atoms with Gasteiger partial charge in [-0.15, -0.1) is 0 Å². The van der Waals surface area contributed by atoms with E-state index in [1.165, 1.54) is 0 Å². The van der Waals surface area contributed by atoms with Gasteiger partial charge < -0.3 is 4.90 Å². The smallest absolute Gasteiger partial charge is 0.263 e. The molecule has 1 fully saturated rings. The van der Waals surface area contributed by atoms with Crippen LogP contribution in [-0.4, -0.2) is 42.6 Å². The number of amidine groups is 1. The largest absolute Gasteiger partial charge is 0.335 e. The van der Waals surface area contributed by atoms with Gasteiger partial charge in [-0.25, -0.2) is 8.42 Å². The summed E-state index contributed by atoms with van der Waals surface area (Å²) in [5, 5.41) is 0. The number of benzene rings is 1. The van der Waals surface area contributed by atoms with Crippen LogP contribution in [0.15, 0.2) is 58.7 Å². The van der Waals surface area contributed by atoms with E-state index in [0.717, 1.165) is 18.4 Å². The van der Waals surface area contributed by atoms with Crippen molar-refractivity contribution in [1.29, 1.82) is 0 Å². The molecule has 2 aliphatic rings. The van der Waals surface area contributed by atoms with Gasteiger partial charge in [0.2, 0.25) is 5.91 Å². The first-order chi connectivity index (χ1) is 13.0. The highest BCUT2D eigenvalue weighted by atomic mass is 32.2. The minimum Gasteiger partial charge on any atom is -0.335 e. The van der Waals surface area contributed by atoms with Crippen molar-refractivity contribution in [3.63, 3.8) is 0 Å². The van der Waals surface area contributed by atoms with Gasteiger partial charge in [0.15, 0.2) is 0 Å². The number of aliphatic imine (C=N–C) groups is 1. The topological polar surface area (TPSA) is 91.7 Å². The highest BCUT2D eigenvalue weighted by molar-refractivity contribution is 7.90. The molecule has 1 amide bonds. The van der Waals surface area contributed by atoms with Gasteiger partial charge in [0.1, 0.15) is 5.84 Å². The first kappa shape index (κ1) is 17.7. The molecular formula is C19H20N4O3S. The fourth-order valence-corrected chi connectivity index (χ4v) is 4.40. The maximum absolute atomic E-state index is 12.7. The maximum atomic E-state index is 12.7. The SMILES string of the molecule is O=C(CCN=C1NS(=O)(=O)c2ccccc21)N(Cc1ccncc1)C1CC1. The van der Waals surface area contributed by atoms with Crippen LogP contribution in [0, 0.1) is 0 Å². The minimum atomic E-state index is -3.55. The number of amides is 1. The summed E-state index contributed by atoms with van der Waals surface area (Å²) in [4.78, 5) is 23.1. The molecule has 0 atom stereocenters. The van der Waals surface area contributed by atoms with Crippen molar-refractivity contribution in [1.82, 2.24) is 14.6 Å². The summed E-state index contributed by atoms with van der Waals surface area (Å²) in [5.74, 6) is 0.346. The molecule has 4 rings (SSSR count). The van der Waals surface area contributed by atoms with Crippen LogP contribution in [0.3, 0.4) is 0 Å². The highest BCUT2D eigenvalue weighted by Crippen LogP contribution is 2.29. The van der Waals surface area contributed by atoms with E-state index >= 15 is 0 Å². The summed E-state index contributed by atoms with van der Waals surface area (Å²) in [7, 11) is -3.55. The predicted octanol–water partition coefficient (Wildman–Crippen LogP) is 1.70. The zero-order valence-electron chi connectivity index (χ0n) is 14.7. The molecule has 1 aliphatic heterocycles. The zero-order valence-corrected chi connectivity index (χ0v) is 15.5. The van der Waals surface area contributed by atoms with Gasteiger partial charge in [-0.1, -0.05) is 12.1 Å². The number of fused-ring (bicyclic) bond motifs is 1. The minimum absolute atomic E-state index is 0.0350. The van der Waals surface area contributed by atoms with Crippen LogP contribution in [0.5, 0.6) is 0 Å². The second-order valence-corrected chi connectivity index (χ2v) is 8.34. The molecule has 2 aromatic rings. The van der Waals surface area contributed by atoms with E-state index in [9.17, 15) is 13.2 Å². The molecule has 0 unspecified atom stereocenters. The fraction of sp³-hybridized carbons (Fsp3) is 0.316. The highest BCUT2D eigenvalue weighted by Gasteiger charge is 2.33. The second kappa shape index (κ2) is 7.11. The number of carbonyl (C=O) groups excluding carboxylic acids is 1. The van der Waals surface area contributed by atoms with E-state index in [1.54, 1.807) is 36.7 Å². The molecule has 1 aromatic carbocycles. The Morgan fingerprint density at radius 2 is 1.93 bits per heavy atom. The lowest BCUT2D eigenvalue weighted by atomic mass is 10.2. The molecule has 7 nitrogen and oxygen atoms in total. The van der Waals surface area contributed by atoms with E-state index in [1.807, 2.05) is 17.0 Å². The number of hydrogen-bond donors (Lipinski definition) is 1. The summed E-state index contributed by atoms with van der Waals surface area (Å²) >= 11 is 0. The van der Waals surface area contributed by atoms with Gasteiger partial charge in [0.25, 0.3) is 10.0 Å². The molecule has 0 radical (unpaired) electrons. The van der Waals surface area contributed by atoms with Crippen molar-refractivity contribution < 1.29 is 13.2 Å². The molecule has 8 heteroatoms. The number of hydrogen-bond acceptors (Lipinski definition) is 5. The van der Waals surface area contributed by atoms with Gasteiger partial charge in [0, 0.05) is 37.0 Å². The number of carbonyl (C=O) groups is 1. The van der Waals surface area contributed by atoms with Gasteiger partial charge in [-0.3, -0.25) is 19.5 Å². The van der Waals surface area contributed by atoms with Gasteiger partial charge in [0.05, 0.1) is 11.4 Å². The summed E-state index contributed by atoms with van der Waals surface area (Å²) in [6, 6.07) is 10.8. The average Bonchev–Trinajstić information content (AvgIpc) is 3.47. The normalized spacial score (nSPS) is 18.7. The van der Waals surface area contributed by atoms with Crippen molar-refractivity contribution >= 4 is 21.8 Å². The fourth-order valence-electron chi connectivity index (χ4n) is 3.15. The van der Waals surface area contributed by atoms with Crippen LogP contribution in [0.2, 0.25) is 0 Å². The molecule has 1 aromatic heterocycles. The maximum Gasteiger partial charge on any atom is 0.263 e. The Kier molecular flexibility index (Phi) is 4.65. The molecule has 0 bridgehead atoms. The first-order valence-corrected chi connectivity index (χ1v) is 10.4. The monoisotopic (exact) mass is 384 g/mol. The van der Waals surface area contributed by atoms with Crippen molar-refractivity contribution in [2.75, 3.05) is 6.54 Å². The van der Waals surface area contributed by atoms with E-state index < -0.39 is 10.0 Å². The lowest BCUT2D eigenvalue weighted by Crippen LogP contribution is -2.33. The van der Waals surface area contributed by atoms with Crippen molar-refractivity contribution in [3.05, 3.63) is 59.9 Å². The van der Waals surface area contributed by atoms with E-state index in [2.05, 4.69) is 14.7 Å². The zero-order chi connectivity index (χ0) is 18.9. The van der Waals surface area contributed by atoms with Crippen LogP contribution in [-0.2, 0) is 21.4 Å². The molecule has 1 aliphatic carbocycles. The van der Waals surface area contributed by atoms with Crippen LogP contribution in [0.4, 0.5) is 0 Å². The summed E-state index contributed by atoms with van der Waals surface area (Å²) in [6.07, 6.45) is 5.74. The van der Waals surface area contributed by atoms with Gasteiger partial charge in [-0.2, -0.15) is 0 Å². The van der Waals surface area contributed by atoms with E-state index in [0.29, 0.717) is 24.0 Å². The Morgan fingerprint density at radius 1 is 1.19 bits per heavy atom. The van der Waals surface area contributed by atoms with Crippen LogP contribution in [0.25, 0.3) is 0 Å². The van der Waals surface area contributed by atoms with Crippen molar-refractivity contribution in [2.24, 2.45) is 4.99 Å². The van der Waals surface area contributed by atoms with Gasteiger partial charge >= 0.3 is 0 Å². The lowest BCUT2D eigenvalue weighted by molar-refractivity contribution is -0.132. The molecule has 0 spiro atoms. The first-order valence-electron chi connectivity index (χ1n) is 8.89. The Labute approximate surface area is 158 Å². The molecule has 0 saturated heterocycles. The number of pyridine rings is 1. The molecule has 1 N–H and O–H groups in total. The Balaban J connectivity index is 1.42. The van der Waals surface area contributed by atoms with Crippen molar-refractivity contribution in [3.8, 4) is 0 Å². The molecule has 2 heterocycles. The average molecular weight is 384 g/mol. The Hall–Kier alpha value is -2.74. The van der Waals surface area contributed by atoms with Crippen LogP contribution >= 0.6 is 0 Å². The predicted molar refractivity (Wildman–Crippen MR) is 101 cm³/mol. The molecule has 1 saturated carbocycles. The quantitative estimate of drug-likeness (QED) is 0.821. The lowest BCUT2D eigenvalue weighted by Gasteiger charge is -2.22. The third kappa shape index (κ3) is 3.85. The second-order valence-electron chi connectivity index (χ2n) is 6.69. The third-order valence-electron chi connectivity index (χ3n) is 4.67. The standard InChI is InChI=1S/C19H20N4O3S/c24-18(23(15-5-6-15)13-14-7-10-20-11-8-14)9-12-21-19-16-3-1-2-4-17(16)27(25,26)22-19/h1-4,7-8,10-11,15H,5-6,9,12-13H2,(H,21,22). The number of aromatic nitrogens is 1. The van der Waals surface area contributed by atoms with Crippen LogP contribution in [0.1, 0.15) is 30.4 Å². The van der Waals surface area contributed by atoms with Crippen LogP contribution < -0.4 is 4.72 Å². The molecule has 27 heavy (non-hydrogen) atoms. The molecule has 140 valence electrons.